The molecule has 1 saturated carbocycles. The van der Waals surface area contributed by atoms with E-state index in [1.165, 1.54) is 19.3 Å². The van der Waals surface area contributed by atoms with E-state index in [4.69, 9.17) is 5.11 Å². The summed E-state index contributed by atoms with van der Waals surface area (Å²) >= 11 is 0. The highest BCUT2D eigenvalue weighted by molar-refractivity contribution is 7.86. The van der Waals surface area contributed by atoms with Crippen LogP contribution in [0.2, 0.25) is 0 Å². The molecule has 0 radical (unpaired) electrons. The topological polar surface area (TPSA) is 232 Å². The van der Waals surface area contributed by atoms with Crippen LogP contribution < -0.4 is 0 Å². The zero-order chi connectivity index (χ0) is 31.0. The van der Waals surface area contributed by atoms with E-state index in [0.29, 0.717) is 12.1 Å². The highest BCUT2D eigenvalue weighted by atomic mass is 32.2. The molecule has 0 heterocycles. The first-order valence-corrected chi connectivity index (χ1v) is 15.3. The van der Waals surface area contributed by atoms with Crippen LogP contribution in [0, 0.1) is 32.1 Å². The summed E-state index contributed by atoms with van der Waals surface area (Å²) in [6, 6.07) is 5.11. The lowest BCUT2D eigenvalue weighted by atomic mass is 9.80. The van der Waals surface area contributed by atoms with E-state index in [1.54, 1.807) is 0 Å². The van der Waals surface area contributed by atoms with Gasteiger partial charge in [-0.2, -0.15) is 16.8 Å². The van der Waals surface area contributed by atoms with E-state index in [1.807, 2.05) is 0 Å². The van der Waals surface area contributed by atoms with Gasteiger partial charge in [-0.25, -0.2) is 0 Å². The van der Waals surface area contributed by atoms with Gasteiger partial charge in [0.2, 0.25) is 0 Å². The highest BCUT2D eigenvalue weighted by Gasteiger charge is 2.25. The first kappa shape index (κ1) is 33.5. The Hall–Kier alpha value is -3.73. The maximum absolute atomic E-state index is 11.5. The third kappa shape index (κ3) is 10.00. The van der Waals surface area contributed by atoms with E-state index in [-0.39, 0.29) is 17.0 Å². The van der Waals surface area contributed by atoms with E-state index in [0.717, 1.165) is 68.0 Å². The minimum atomic E-state index is -4.86. The van der Waals surface area contributed by atoms with Crippen molar-refractivity contribution in [3.05, 3.63) is 67.8 Å². The minimum absolute atomic E-state index is 0.0436. The van der Waals surface area contributed by atoms with Crippen LogP contribution in [0.4, 0.5) is 11.4 Å². The van der Waals surface area contributed by atoms with Crippen LogP contribution in [0.3, 0.4) is 0 Å². The summed E-state index contributed by atoms with van der Waals surface area (Å²) in [5, 5.41) is 30.3. The van der Waals surface area contributed by atoms with Crippen molar-refractivity contribution in [3.8, 4) is 0 Å². The number of nitro groups is 2. The summed E-state index contributed by atoms with van der Waals surface area (Å²) in [5.74, 6) is 0.183. The number of hydrogen-bond acceptors (Lipinski definition) is 9. The maximum Gasteiger partial charge on any atom is 0.306 e. The summed E-state index contributed by atoms with van der Waals surface area (Å²) in [6.07, 6.45) is 9.97. The van der Waals surface area contributed by atoms with E-state index in [2.05, 4.69) is 6.92 Å². The predicted octanol–water partition coefficient (Wildman–Crippen LogP) is 5.23. The molecule has 224 valence electrons. The second-order valence-corrected chi connectivity index (χ2v) is 12.2. The van der Waals surface area contributed by atoms with Gasteiger partial charge in [0.25, 0.3) is 31.6 Å². The van der Waals surface area contributed by atoms with Gasteiger partial charge in [0.05, 0.1) is 15.8 Å². The summed E-state index contributed by atoms with van der Waals surface area (Å²) in [5.41, 5.74) is -1.68. The largest absolute Gasteiger partial charge is 0.481 e. The quantitative estimate of drug-likeness (QED) is 0.135. The lowest BCUT2D eigenvalue weighted by molar-refractivity contribution is -0.385. The highest BCUT2D eigenvalue weighted by Crippen LogP contribution is 2.32. The fourth-order valence-corrected chi connectivity index (χ4v) is 5.77. The standard InChI is InChI=1S/C14H10N2O10S2.C11H20O2/c17-15(18)11-5-3-9(13(7-11)27(21,22)23)1-2-10-4-6-12(16(19)20)8-14(10)28(24,25)26;1-2-3-4-9-5-7-10(8-6-9)11(12)13/h1-8H,(H,21,22,23)(H,24,25,26);9-10H,2-8H2,1H3,(H,12,13)/b2-1+;. The van der Waals surface area contributed by atoms with Crippen LogP contribution in [0.1, 0.15) is 63.0 Å². The zero-order valence-corrected chi connectivity index (χ0v) is 23.6. The SMILES string of the molecule is CCCCC1CCC(C(=O)O)CC1.O=[N+]([O-])c1ccc(/C=C/c2ccc([N+](=O)[O-])cc2S(=O)(=O)O)c(S(=O)(=O)O)c1. The van der Waals surface area contributed by atoms with Gasteiger partial charge in [-0.05, 0) is 54.9 Å². The Morgan fingerprint density at radius 3 is 1.59 bits per heavy atom. The normalized spacial score (nSPS) is 17.4. The van der Waals surface area contributed by atoms with Crippen LogP contribution >= 0.6 is 0 Å². The first-order chi connectivity index (χ1) is 19.0. The Bertz CT molecular complexity index is 1430. The van der Waals surface area contributed by atoms with Gasteiger partial charge < -0.3 is 5.11 Å². The Kier molecular flexibility index (Phi) is 11.6. The average molecular weight is 615 g/mol. The fraction of sp³-hybridized carbons (Fsp3) is 0.400. The molecule has 3 N–H and O–H groups in total. The average Bonchev–Trinajstić information content (AvgIpc) is 2.90. The second-order valence-electron chi connectivity index (χ2n) is 9.44. The van der Waals surface area contributed by atoms with Crippen molar-refractivity contribution < 1.29 is 45.7 Å². The number of nitrogens with zero attached hydrogens (tertiary/aromatic N) is 2. The molecule has 14 nitrogen and oxygen atoms in total. The molecule has 3 rings (SSSR count). The van der Waals surface area contributed by atoms with Crippen LogP contribution in [0.5, 0.6) is 0 Å². The summed E-state index contributed by atoms with van der Waals surface area (Å²) in [6.45, 7) is 2.21. The molecule has 2 aromatic rings. The summed E-state index contributed by atoms with van der Waals surface area (Å²) in [7, 11) is -9.73. The van der Waals surface area contributed by atoms with Crippen molar-refractivity contribution in [2.24, 2.45) is 11.8 Å². The second kappa shape index (κ2) is 14.2. The molecule has 41 heavy (non-hydrogen) atoms. The lowest BCUT2D eigenvalue weighted by Gasteiger charge is -2.25. The van der Waals surface area contributed by atoms with Crippen molar-refractivity contribution >= 4 is 49.7 Å². The van der Waals surface area contributed by atoms with Crippen LogP contribution in [0.25, 0.3) is 12.2 Å². The van der Waals surface area contributed by atoms with Crippen molar-refractivity contribution in [2.45, 2.75) is 61.7 Å². The zero-order valence-electron chi connectivity index (χ0n) is 22.0. The molecule has 1 aliphatic carbocycles. The third-order valence-electron chi connectivity index (χ3n) is 6.58. The third-order valence-corrected chi connectivity index (χ3v) is 8.39. The number of carboxylic acids is 1. The van der Waals surface area contributed by atoms with Gasteiger partial charge in [-0.3, -0.25) is 34.1 Å². The minimum Gasteiger partial charge on any atom is -0.481 e. The number of carboxylic acid groups (broad SMARTS) is 1. The monoisotopic (exact) mass is 614 g/mol. The van der Waals surface area contributed by atoms with Crippen LogP contribution in [-0.4, -0.2) is 46.9 Å². The van der Waals surface area contributed by atoms with Crippen LogP contribution in [-0.2, 0) is 25.0 Å². The van der Waals surface area contributed by atoms with Crippen molar-refractivity contribution in [1.82, 2.24) is 0 Å². The first-order valence-electron chi connectivity index (χ1n) is 12.5. The summed E-state index contributed by atoms with van der Waals surface area (Å²) < 4.78 is 64.4. The molecule has 1 fully saturated rings. The van der Waals surface area contributed by atoms with E-state index < -0.39 is 57.2 Å². The Morgan fingerprint density at radius 1 is 0.854 bits per heavy atom. The fourth-order valence-electron chi connectivity index (χ4n) is 4.37. The number of non-ortho nitro benzene ring substituents is 2. The molecule has 2 aromatic carbocycles. The number of carbonyl (C=O) groups is 1. The molecule has 0 aliphatic heterocycles. The number of hydrogen-bond donors (Lipinski definition) is 3. The lowest BCUT2D eigenvalue weighted by Crippen LogP contribution is -2.21. The van der Waals surface area contributed by atoms with Crippen molar-refractivity contribution in [2.75, 3.05) is 0 Å². The molecule has 0 amide bonds. The molecule has 16 heteroatoms. The molecular weight excluding hydrogens is 584 g/mol. The number of nitro benzene ring substituents is 2. The molecule has 1 aliphatic rings. The number of unbranched alkanes of at least 4 members (excludes halogenated alkanes) is 1. The molecular formula is C25H30N2O12S2. The number of rotatable bonds is 10. The molecule has 0 atom stereocenters. The predicted molar refractivity (Wildman–Crippen MR) is 147 cm³/mol. The Balaban J connectivity index is 0.000000377. The molecule has 0 spiro atoms. The Labute approximate surface area is 236 Å². The van der Waals surface area contributed by atoms with E-state index in [9.17, 15) is 51.0 Å². The summed E-state index contributed by atoms with van der Waals surface area (Å²) in [4.78, 5) is 28.8. The molecule has 0 aromatic heterocycles. The van der Waals surface area contributed by atoms with Gasteiger partial charge in [0, 0.05) is 24.3 Å². The van der Waals surface area contributed by atoms with Crippen LogP contribution in [0.15, 0.2) is 46.2 Å². The smallest absolute Gasteiger partial charge is 0.306 e. The maximum atomic E-state index is 11.5. The van der Waals surface area contributed by atoms with Gasteiger partial charge in [-0.15, -0.1) is 0 Å². The molecule has 0 unspecified atom stereocenters. The molecule has 0 bridgehead atoms. The van der Waals surface area contributed by atoms with Gasteiger partial charge in [-0.1, -0.05) is 38.3 Å². The van der Waals surface area contributed by atoms with E-state index >= 15 is 0 Å². The van der Waals surface area contributed by atoms with Crippen molar-refractivity contribution in [1.29, 1.82) is 0 Å². The van der Waals surface area contributed by atoms with Gasteiger partial charge >= 0.3 is 5.97 Å². The number of benzene rings is 2. The van der Waals surface area contributed by atoms with Gasteiger partial charge in [0.15, 0.2) is 0 Å². The number of aliphatic carboxylic acids is 1. The Morgan fingerprint density at radius 2 is 1.27 bits per heavy atom. The van der Waals surface area contributed by atoms with Gasteiger partial charge in [0.1, 0.15) is 9.79 Å². The van der Waals surface area contributed by atoms with Crippen molar-refractivity contribution in [3.63, 3.8) is 0 Å². The molecule has 0 saturated heterocycles.